The molecule has 0 bridgehead atoms. The van der Waals surface area contributed by atoms with Gasteiger partial charge < -0.3 is 0 Å². The zero-order valence-corrected chi connectivity index (χ0v) is 11.3. The van der Waals surface area contributed by atoms with E-state index in [0.717, 1.165) is 0 Å². The van der Waals surface area contributed by atoms with Crippen LogP contribution in [0.5, 0.6) is 0 Å². The second-order valence-electron chi connectivity index (χ2n) is 0. The summed E-state index contributed by atoms with van der Waals surface area (Å²) in [6.45, 7) is 0. The van der Waals surface area contributed by atoms with Gasteiger partial charge in [-0.2, -0.15) is 0 Å². The molecule has 0 aliphatic carbocycles. The van der Waals surface area contributed by atoms with Crippen LogP contribution in [0.15, 0.2) is 0 Å². The summed E-state index contributed by atoms with van der Waals surface area (Å²) in [6, 6.07) is 0. The van der Waals surface area contributed by atoms with Crippen molar-refractivity contribution in [2.75, 3.05) is 0 Å². The minimum atomic E-state index is 0. The molecule has 0 nitrogen and oxygen atoms in total. The van der Waals surface area contributed by atoms with Gasteiger partial charge in [-0.15, -0.1) is 0 Å². The van der Waals surface area contributed by atoms with E-state index in [-0.39, 0.29) is 53.6 Å². The van der Waals surface area contributed by atoms with Gasteiger partial charge in [-0.3, -0.25) is 0 Å². The molecule has 0 aliphatic rings. The molecule has 5 heteroatoms. The van der Waals surface area contributed by atoms with E-state index in [1.165, 1.54) is 0 Å². The average Bonchev–Trinajstić information content (AvgIpc) is 1.00. The maximum Gasteiger partial charge on any atom is 0 e. The molecule has 0 atom stereocenters. The number of rotatable bonds is 0. The third kappa shape index (κ3) is 19.7. The standard InChI is InChI=1S/Cu.HISe.Mn.Zn/c;1-2;;/h;2H;;. The molecular formula is HCuIMnSeZn. The Morgan fingerprint density at radius 1 is 1.20 bits per heavy atom. The Labute approximate surface area is 85.2 Å². The minimum absolute atomic E-state index is 0. The van der Waals surface area contributed by atoms with E-state index in [1.54, 1.807) is 0 Å². The first-order valence-electron chi connectivity index (χ1n) is 0.169. The SMILES string of the molecule is [Cu].[Mn].[SeH]I.[Zn]. The molecule has 0 aromatic rings. The molecule has 0 spiro atoms. The molecule has 0 unspecified atom stereocenters. The summed E-state index contributed by atoms with van der Waals surface area (Å²) in [6.07, 6.45) is 0. The second-order valence-corrected chi connectivity index (χ2v) is 0. The van der Waals surface area contributed by atoms with Gasteiger partial charge >= 0.3 is 33.1 Å². The van der Waals surface area contributed by atoms with Crippen LogP contribution in [0, 0.1) is 0 Å². The normalized spacial score (nSPS) is 1.20. The van der Waals surface area contributed by atoms with Crippen molar-refractivity contribution < 1.29 is 53.6 Å². The van der Waals surface area contributed by atoms with Crippen LogP contribution in [0.3, 0.4) is 0 Å². The van der Waals surface area contributed by atoms with Gasteiger partial charge in [0.05, 0.1) is 0 Å². The zero-order valence-electron chi connectivity index (χ0n) is 2.21. The minimum Gasteiger partial charge on any atom is 0 e. The molecule has 34 valence electrons. The second kappa shape index (κ2) is 28.5. The molecule has 0 aromatic heterocycles. The Morgan fingerprint density at radius 2 is 1.20 bits per heavy atom. The molecular weight excluding hydrogens is 390 g/mol. The van der Waals surface area contributed by atoms with Crippen LogP contribution in [0.2, 0.25) is 0 Å². The van der Waals surface area contributed by atoms with Crippen molar-refractivity contribution in [3.63, 3.8) is 0 Å². The van der Waals surface area contributed by atoms with E-state index < -0.39 is 0 Å². The summed E-state index contributed by atoms with van der Waals surface area (Å²) >= 11 is 4.37. The summed E-state index contributed by atoms with van der Waals surface area (Å²) in [7, 11) is 0. The first-order chi connectivity index (χ1) is 1.00. The van der Waals surface area contributed by atoms with Gasteiger partial charge in [0.1, 0.15) is 0 Å². The van der Waals surface area contributed by atoms with Crippen molar-refractivity contribution in [1.29, 1.82) is 0 Å². The first kappa shape index (κ1) is 24.7. The predicted molar refractivity (Wildman–Crippen MR) is 21.2 cm³/mol. The van der Waals surface area contributed by atoms with E-state index in [2.05, 4.69) is 33.1 Å². The van der Waals surface area contributed by atoms with Crippen LogP contribution in [0.1, 0.15) is 0 Å². The Hall–Kier alpha value is 2.91. The average molecular weight is 391 g/mol. The summed E-state index contributed by atoms with van der Waals surface area (Å²) in [4.78, 5) is 0. The van der Waals surface area contributed by atoms with Gasteiger partial charge in [0.2, 0.25) is 0 Å². The molecule has 0 fully saturated rings. The topological polar surface area (TPSA) is 0 Å². The summed E-state index contributed by atoms with van der Waals surface area (Å²) < 4.78 is 0. The van der Waals surface area contributed by atoms with Crippen molar-refractivity contribution in [2.24, 2.45) is 0 Å². The molecule has 0 rings (SSSR count). The van der Waals surface area contributed by atoms with Gasteiger partial charge in [-0.25, -0.2) is 0 Å². The maximum absolute atomic E-state index is 2.28. The van der Waals surface area contributed by atoms with Crippen LogP contribution in [0.25, 0.3) is 0 Å². The van der Waals surface area contributed by atoms with Gasteiger partial charge in [-0.1, -0.05) is 0 Å². The Bertz CT molecular complexity index is 11.6. The van der Waals surface area contributed by atoms with Crippen LogP contribution < -0.4 is 0 Å². The van der Waals surface area contributed by atoms with E-state index in [4.69, 9.17) is 0 Å². The molecule has 0 saturated heterocycles. The maximum atomic E-state index is 2.28. The van der Waals surface area contributed by atoms with Gasteiger partial charge in [0, 0.05) is 53.6 Å². The number of halogens is 1. The zero-order chi connectivity index (χ0) is 2.00. The van der Waals surface area contributed by atoms with Crippen LogP contribution >= 0.6 is 20.3 Å². The number of hydrogen-bond acceptors (Lipinski definition) is 0. The van der Waals surface area contributed by atoms with Crippen LogP contribution in [-0.4, -0.2) is 12.8 Å². The molecule has 0 amide bonds. The van der Waals surface area contributed by atoms with E-state index in [1.807, 2.05) is 0 Å². The third-order valence-electron chi connectivity index (χ3n) is 0. The van der Waals surface area contributed by atoms with Crippen molar-refractivity contribution in [3.05, 3.63) is 0 Å². The summed E-state index contributed by atoms with van der Waals surface area (Å²) in [5.41, 5.74) is 0. The van der Waals surface area contributed by atoms with Crippen molar-refractivity contribution in [2.45, 2.75) is 0 Å². The van der Waals surface area contributed by atoms with Gasteiger partial charge in [-0.05, 0) is 0 Å². The Morgan fingerprint density at radius 3 is 1.20 bits per heavy atom. The van der Waals surface area contributed by atoms with Gasteiger partial charge in [0.25, 0.3) is 0 Å². The molecule has 0 heterocycles. The van der Waals surface area contributed by atoms with E-state index in [0.29, 0.717) is 0 Å². The number of hydrogen-bond donors (Lipinski definition) is 0. The fraction of sp³-hybridized carbons (Fsp3) is 0. The monoisotopic (exact) mass is 390 g/mol. The van der Waals surface area contributed by atoms with Crippen LogP contribution in [-0.2, 0) is 53.6 Å². The fourth-order valence-electron chi connectivity index (χ4n) is 0. The predicted octanol–water partition coefficient (Wildman–Crippen LogP) is 0.230. The molecule has 0 aliphatic heterocycles. The van der Waals surface area contributed by atoms with Crippen molar-refractivity contribution >= 4 is 33.1 Å². The largest absolute Gasteiger partial charge is 0 e. The van der Waals surface area contributed by atoms with Crippen molar-refractivity contribution in [3.8, 4) is 0 Å². The molecule has 2 radical (unpaired) electrons. The first-order valence-corrected chi connectivity index (χ1v) is 5.89. The van der Waals surface area contributed by atoms with E-state index >= 15 is 0 Å². The molecule has 5 heavy (non-hydrogen) atoms. The quantitative estimate of drug-likeness (QED) is 0.410. The van der Waals surface area contributed by atoms with Crippen molar-refractivity contribution in [1.82, 2.24) is 0 Å². The van der Waals surface area contributed by atoms with E-state index in [9.17, 15) is 0 Å². The van der Waals surface area contributed by atoms with Gasteiger partial charge in [0.15, 0.2) is 0 Å². The molecule has 0 N–H and O–H groups in total. The summed E-state index contributed by atoms with van der Waals surface area (Å²) in [5.74, 6) is 0. The Balaban J connectivity index is -0.00000000167. The summed E-state index contributed by atoms with van der Waals surface area (Å²) in [5, 5.41) is 0. The fourth-order valence-corrected chi connectivity index (χ4v) is 0. The van der Waals surface area contributed by atoms with Crippen LogP contribution in [0.4, 0.5) is 0 Å². The Kier molecular flexibility index (Phi) is 141. The molecule has 0 saturated carbocycles. The molecule has 0 aromatic carbocycles. The smallest absolute Gasteiger partial charge is 0 e. The third-order valence-corrected chi connectivity index (χ3v) is 0.